The maximum absolute atomic E-state index is 13.4. The number of thioether (sulfide) groups is 1. The standard InChI is InChI=1S/C31H33N5O3S/c37-28(32-22-24-10-3-1-4-11-24)23-40-31-33-27-15-8-7-14-26(27)30(39)36(31)17-9-16-29(38)35-20-18-34(19-21-35)25-12-5-2-6-13-25/h1-8,10-15H,9,16-23H2,(H,32,37). The van der Waals surface area contributed by atoms with Crippen molar-refractivity contribution in [3.05, 3.63) is 101 Å². The molecule has 2 heterocycles. The number of nitrogens with zero attached hydrogens (tertiary/aromatic N) is 4. The van der Waals surface area contributed by atoms with Crippen LogP contribution in [0.3, 0.4) is 0 Å². The summed E-state index contributed by atoms with van der Waals surface area (Å²) in [5.41, 5.74) is 2.65. The Kier molecular flexibility index (Phi) is 9.13. The molecule has 0 unspecified atom stereocenters. The van der Waals surface area contributed by atoms with Crippen molar-refractivity contribution in [2.24, 2.45) is 0 Å². The fraction of sp³-hybridized carbons (Fsp3) is 0.290. The lowest BCUT2D eigenvalue weighted by molar-refractivity contribution is -0.131. The Bertz CT molecular complexity index is 1500. The number of carbonyl (C=O) groups excluding carboxylic acids is 2. The third-order valence-corrected chi connectivity index (χ3v) is 7.99. The van der Waals surface area contributed by atoms with Crippen LogP contribution in [0.1, 0.15) is 18.4 Å². The predicted molar refractivity (Wildman–Crippen MR) is 159 cm³/mol. The van der Waals surface area contributed by atoms with Crippen LogP contribution in [0.15, 0.2) is 94.9 Å². The highest BCUT2D eigenvalue weighted by Crippen LogP contribution is 2.19. The number of rotatable bonds is 10. The van der Waals surface area contributed by atoms with Crippen molar-refractivity contribution in [1.29, 1.82) is 0 Å². The van der Waals surface area contributed by atoms with E-state index in [2.05, 4.69) is 22.3 Å². The van der Waals surface area contributed by atoms with Gasteiger partial charge in [0.05, 0.1) is 16.7 Å². The van der Waals surface area contributed by atoms with E-state index in [1.54, 1.807) is 16.7 Å². The molecule has 1 N–H and O–H groups in total. The normalized spacial score (nSPS) is 13.4. The third kappa shape index (κ3) is 6.90. The maximum atomic E-state index is 13.4. The van der Waals surface area contributed by atoms with Crippen molar-refractivity contribution in [3.8, 4) is 0 Å². The van der Waals surface area contributed by atoms with Crippen LogP contribution in [0.2, 0.25) is 0 Å². The molecular weight excluding hydrogens is 522 g/mol. The Morgan fingerprint density at radius 2 is 1.52 bits per heavy atom. The number of hydrogen-bond acceptors (Lipinski definition) is 6. The van der Waals surface area contributed by atoms with Gasteiger partial charge in [0, 0.05) is 51.4 Å². The average Bonchev–Trinajstić information content (AvgIpc) is 3.01. The second kappa shape index (κ2) is 13.3. The molecule has 1 aliphatic rings. The van der Waals surface area contributed by atoms with Gasteiger partial charge in [-0.15, -0.1) is 0 Å². The van der Waals surface area contributed by atoms with Gasteiger partial charge >= 0.3 is 0 Å². The van der Waals surface area contributed by atoms with Crippen LogP contribution in [0.25, 0.3) is 10.9 Å². The highest BCUT2D eigenvalue weighted by atomic mass is 32.2. The van der Waals surface area contributed by atoms with Crippen LogP contribution < -0.4 is 15.8 Å². The first-order valence-electron chi connectivity index (χ1n) is 13.6. The van der Waals surface area contributed by atoms with Crippen LogP contribution in [0, 0.1) is 0 Å². The molecule has 4 aromatic rings. The Balaban J connectivity index is 1.18. The van der Waals surface area contributed by atoms with E-state index in [0.29, 0.717) is 55.1 Å². The average molecular weight is 556 g/mol. The number of para-hydroxylation sites is 2. The summed E-state index contributed by atoms with van der Waals surface area (Å²) in [5, 5.41) is 3.94. The summed E-state index contributed by atoms with van der Waals surface area (Å²) in [4.78, 5) is 47.8. The summed E-state index contributed by atoms with van der Waals surface area (Å²) in [6, 6.07) is 27.2. The highest BCUT2D eigenvalue weighted by Gasteiger charge is 2.21. The summed E-state index contributed by atoms with van der Waals surface area (Å²) in [6.45, 7) is 3.78. The number of amides is 2. The molecule has 8 nitrogen and oxygen atoms in total. The van der Waals surface area contributed by atoms with Crippen molar-refractivity contribution in [3.63, 3.8) is 0 Å². The molecule has 0 atom stereocenters. The Labute approximate surface area is 238 Å². The van der Waals surface area contributed by atoms with Gasteiger partial charge in [-0.1, -0.05) is 72.4 Å². The molecule has 0 spiro atoms. The first kappa shape index (κ1) is 27.5. The topological polar surface area (TPSA) is 87.5 Å². The van der Waals surface area contributed by atoms with E-state index in [9.17, 15) is 14.4 Å². The zero-order chi connectivity index (χ0) is 27.7. The van der Waals surface area contributed by atoms with Gasteiger partial charge in [0.2, 0.25) is 11.8 Å². The second-order valence-electron chi connectivity index (χ2n) is 9.73. The first-order valence-corrected chi connectivity index (χ1v) is 14.6. The largest absolute Gasteiger partial charge is 0.368 e. The first-order chi connectivity index (χ1) is 19.6. The minimum absolute atomic E-state index is 0.101. The highest BCUT2D eigenvalue weighted by molar-refractivity contribution is 7.99. The number of fused-ring (bicyclic) bond motifs is 1. The smallest absolute Gasteiger partial charge is 0.262 e. The van der Waals surface area contributed by atoms with E-state index in [4.69, 9.17) is 4.98 Å². The van der Waals surface area contributed by atoms with Crippen molar-refractivity contribution in [2.45, 2.75) is 31.1 Å². The third-order valence-electron chi connectivity index (χ3n) is 7.02. The van der Waals surface area contributed by atoms with E-state index in [-0.39, 0.29) is 23.1 Å². The second-order valence-corrected chi connectivity index (χ2v) is 10.7. The predicted octanol–water partition coefficient (Wildman–Crippen LogP) is 3.93. The van der Waals surface area contributed by atoms with Gasteiger partial charge in [-0.3, -0.25) is 19.0 Å². The molecule has 3 aromatic carbocycles. The quantitative estimate of drug-likeness (QED) is 0.236. The van der Waals surface area contributed by atoms with Crippen molar-refractivity contribution >= 4 is 40.2 Å². The molecule has 9 heteroatoms. The van der Waals surface area contributed by atoms with Crippen LogP contribution in [-0.4, -0.2) is 58.2 Å². The van der Waals surface area contributed by atoms with Gasteiger partial charge in [0.25, 0.3) is 5.56 Å². The molecule has 206 valence electrons. The van der Waals surface area contributed by atoms with Gasteiger partial charge in [0.15, 0.2) is 5.16 Å². The molecule has 5 rings (SSSR count). The summed E-state index contributed by atoms with van der Waals surface area (Å²) in [6.07, 6.45) is 0.873. The van der Waals surface area contributed by atoms with Crippen LogP contribution in [-0.2, 0) is 22.7 Å². The lowest BCUT2D eigenvalue weighted by atomic mass is 10.2. The van der Waals surface area contributed by atoms with Crippen molar-refractivity contribution < 1.29 is 9.59 Å². The summed E-state index contributed by atoms with van der Waals surface area (Å²) in [7, 11) is 0. The number of anilines is 1. The molecule has 1 aromatic heterocycles. The fourth-order valence-corrected chi connectivity index (χ4v) is 5.69. The molecule has 0 bridgehead atoms. The number of piperazine rings is 1. The zero-order valence-electron chi connectivity index (χ0n) is 22.4. The minimum atomic E-state index is -0.151. The van der Waals surface area contributed by atoms with Gasteiger partial charge in [-0.2, -0.15) is 0 Å². The monoisotopic (exact) mass is 555 g/mol. The fourth-order valence-electron chi connectivity index (χ4n) is 4.83. The van der Waals surface area contributed by atoms with Gasteiger partial charge in [0.1, 0.15) is 0 Å². The summed E-state index contributed by atoms with van der Waals surface area (Å²) in [5.74, 6) is 0.110. The Morgan fingerprint density at radius 3 is 2.27 bits per heavy atom. The lowest BCUT2D eigenvalue weighted by Crippen LogP contribution is -2.48. The molecule has 1 fully saturated rings. The van der Waals surface area contributed by atoms with E-state index >= 15 is 0 Å². The summed E-state index contributed by atoms with van der Waals surface area (Å²) >= 11 is 1.24. The molecular formula is C31H33N5O3S. The number of hydrogen-bond donors (Lipinski definition) is 1. The molecule has 40 heavy (non-hydrogen) atoms. The SMILES string of the molecule is O=C(CSc1nc2ccccc2c(=O)n1CCCC(=O)N1CCN(c2ccccc2)CC1)NCc1ccccc1. The number of aromatic nitrogens is 2. The van der Waals surface area contributed by atoms with Crippen molar-refractivity contribution in [2.75, 3.05) is 36.8 Å². The molecule has 0 aliphatic carbocycles. The Morgan fingerprint density at radius 1 is 0.850 bits per heavy atom. The minimum Gasteiger partial charge on any atom is -0.368 e. The van der Waals surface area contributed by atoms with Gasteiger partial charge < -0.3 is 15.1 Å². The maximum Gasteiger partial charge on any atom is 0.262 e. The van der Waals surface area contributed by atoms with E-state index in [1.165, 1.54) is 17.4 Å². The number of benzene rings is 3. The molecule has 1 saturated heterocycles. The van der Waals surface area contributed by atoms with Gasteiger partial charge in [-0.25, -0.2) is 4.98 Å². The van der Waals surface area contributed by atoms with E-state index < -0.39 is 0 Å². The van der Waals surface area contributed by atoms with Crippen molar-refractivity contribution in [1.82, 2.24) is 19.8 Å². The number of carbonyl (C=O) groups is 2. The van der Waals surface area contributed by atoms with Crippen LogP contribution in [0.4, 0.5) is 5.69 Å². The Hall–Kier alpha value is -4.11. The molecule has 0 saturated carbocycles. The van der Waals surface area contributed by atoms with E-state index in [0.717, 1.165) is 18.7 Å². The van der Waals surface area contributed by atoms with Crippen LogP contribution in [0.5, 0.6) is 0 Å². The number of nitrogens with one attached hydrogen (secondary N) is 1. The molecule has 1 aliphatic heterocycles. The molecule has 2 amide bonds. The summed E-state index contributed by atoms with van der Waals surface area (Å²) < 4.78 is 1.61. The van der Waals surface area contributed by atoms with Gasteiger partial charge in [-0.05, 0) is 36.2 Å². The van der Waals surface area contributed by atoms with Crippen LogP contribution >= 0.6 is 11.8 Å². The molecule has 0 radical (unpaired) electrons. The zero-order valence-corrected chi connectivity index (χ0v) is 23.2. The lowest BCUT2D eigenvalue weighted by Gasteiger charge is -2.36. The van der Waals surface area contributed by atoms with E-state index in [1.807, 2.05) is 65.6 Å².